The van der Waals surface area contributed by atoms with Gasteiger partial charge in [0.05, 0.1) is 16.9 Å². The van der Waals surface area contributed by atoms with Crippen LogP contribution in [0.25, 0.3) is 28.1 Å². The summed E-state index contributed by atoms with van der Waals surface area (Å²) >= 11 is 0. The molecule has 1 aliphatic heterocycles. The number of hydrogen-bond acceptors (Lipinski definition) is 5. The van der Waals surface area contributed by atoms with Crippen molar-refractivity contribution in [3.8, 4) is 39.9 Å². The van der Waals surface area contributed by atoms with E-state index in [1.807, 2.05) is 6.07 Å². The summed E-state index contributed by atoms with van der Waals surface area (Å²) in [6.45, 7) is 0.0794. The van der Waals surface area contributed by atoms with E-state index in [-0.39, 0.29) is 23.6 Å². The molecule has 3 aromatic heterocycles. The van der Waals surface area contributed by atoms with Crippen molar-refractivity contribution in [2.24, 2.45) is 0 Å². The Morgan fingerprint density at radius 3 is 2.63 bits per heavy atom. The lowest BCUT2D eigenvalue weighted by Crippen LogP contribution is -2.28. The number of nitriles is 1. The Labute approximate surface area is 170 Å². The second-order valence-electron chi connectivity index (χ2n) is 6.66. The Morgan fingerprint density at radius 1 is 1.00 bits per heavy atom. The largest absolute Gasteiger partial charge is 0.485 e. The van der Waals surface area contributed by atoms with Crippen LogP contribution in [0, 0.1) is 17.1 Å². The van der Waals surface area contributed by atoms with Gasteiger partial charge in [0.2, 0.25) is 0 Å². The minimum absolute atomic E-state index is 0.0794. The van der Waals surface area contributed by atoms with Gasteiger partial charge in [0.1, 0.15) is 35.6 Å². The van der Waals surface area contributed by atoms with Crippen LogP contribution in [0.3, 0.4) is 0 Å². The molecule has 0 saturated heterocycles. The quantitative estimate of drug-likeness (QED) is 0.514. The third-order valence-corrected chi connectivity index (χ3v) is 4.99. The van der Waals surface area contributed by atoms with E-state index in [4.69, 9.17) is 4.74 Å². The van der Waals surface area contributed by atoms with Crippen molar-refractivity contribution in [2.75, 3.05) is 0 Å². The molecule has 0 amide bonds. The smallest absolute Gasteiger partial charge is 0.263 e. The molecule has 144 valence electrons. The molecule has 4 aromatic rings. The van der Waals surface area contributed by atoms with E-state index < -0.39 is 11.4 Å². The number of aromatic nitrogens is 3. The van der Waals surface area contributed by atoms with Crippen molar-refractivity contribution in [1.82, 2.24) is 14.5 Å². The molecule has 6 nitrogen and oxygen atoms in total. The van der Waals surface area contributed by atoms with Gasteiger partial charge in [0.15, 0.2) is 0 Å². The van der Waals surface area contributed by atoms with Gasteiger partial charge in [-0.15, -0.1) is 0 Å². The second-order valence-corrected chi connectivity index (χ2v) is 6.66. The van der Waals surface area contributed by atoms with Crippen molar-refractivity contribution in [3.63, 3.8) is 0 Å². The summed E-state index contributed by atoms with van der Waals surface area (Å²) in [4.78, 5) is 22.0. The minimum atomic E-state index is -0.544. The fourth-order valence-electron chi connectivity index (χ4n) is 3.65. The van der Waals surface area contributed by atoms with Crippen LogP contribution >= 0.6 is 0 Å². The predicted molar refractivity (Wildman–Crippen MR) is 108 cm³/mol. The molecular weight excluding hydrogens is 383 g/mol. The van der Waals surface area contributed by atoms with Gasteiger partial charge in [-0.1, -0.05) is 12.1 Å². The highest BCUT2D eigenvalue weighted by Crippen LogP contribution is 2.38. The van der Waals surface area contributed by atoms with Crippen molar-refractivity contribution in [2.45, 2.75) is 6.61 Å². The first-order valence-corrected chi connectivity index (χ1v) is 9.16. The van der Waals surface area contributed by atoms with Crippen LogP contribution in [0.4, 0.5) is 4.39 Å². The molecule has 0 unspecified atom stereocenters. The normalized spacial score (nSPS) is 11.7. The van der Waals surface area contributed by atoms with Crippen LogP contribution in [0.1, 0.15) is 11.4 Å². The molecule has 0 fully saturated rings. The maximum atomic E-state index is 14.7. The Hall–Kier alpha value is -4.31. The number of ether oxygens (including phenoxy) is 1. The number of rotatable bonds is 2. The first-order valence-electron chi connectivity index (χ1n) is 9.16. The Kier molecular flexibility index (Phi) is 4.11. The number of hydrogen-bond donors (Lipinski definition) is 0. The van der Waals surface area contributed by atoms with Crippen LogP contribution in [0.5, 0.6) is 5.75 Å². The van der Waals surface area contributed by atoms with E-state index in [0.29, 0.717) is 28.3 Å². The number of halogens is 1. The van der Waals surface area contributed by atoms with E-state index >= 15 is 0 Å². The summed E-state index contributed by atoms with van der Waals surface area (Å²) in [6.07, 6.45) is 3.11. The Balaban J connectivity index is 1.92. The van der Waals surface area contributed by atoms with E-state index in [2.05, 4.69) is 9.97 Å². The molecule has 30 heavy (non-hydrogen) atoms. The van der Waals surface area contributed by atoms with E-state index in [1.54, 1.807) is 48.7 Å². The maximum absolute atomic E-state index is 14.7. The summed E-state index contributed by atoms with van der Waals surface area (Å²) in [5, 5.41) is 9.48. The lowest BCUT2D eigenvalue weighted by Gasteiger charge is -2.24. The Bertz CT molecular complexity index is 1410. The van der Waals surface area contributed by atoms with Crippen LogP contribution < -0.4 is 10.3 Å². The fourth-order valence-corrected chi connectivity index (χ4v) is 3.65. The van der Waals surface area contributed by atoms with Crippen LogP contribution in [-0.2, 0) is 6.61 Å². The van der Waals surface area contributed by atoms with E-state index in [9.17, 15) is 14.4 Å². The highest BCUT2D eigenvalue weighted by atomic mass is 19.1. The molecule has 0 radical (unpaired) electrons. The number of nitrogens with zero attached hydrogens (tertiary/aromatic N) is 4. The number of pyridine rings is 3. The van der Waals surface area contributed by atoms with Crippen LogP contribution in [0.15, 0.2) is 71.8 Å². The standard InChI is InChI=1S/C23H13FN4O2/c24-17-6-1-2-7-19(17)28-20-13-30-21-8-4-10-27-22(21)16(20)11-15(23(28)29)14-5-3-9-26-18(14)12-25/h1-11H,13H2. The molecule has 1 aromatic carbocycles. The molecule has 0 bridgehead atoms. The van der Waals surface area contributed by atoms with Crippen LogP contribution in [0.2, 0.25) is 0 Å². The molecule has 0 atom stereocenters. The van der Waals surface area contributed by atoms with Gasteiger partial charge in [0.25, 0.3) is 5.56 Å². The van der Waals surface area contributed by atoms with Gasteiger partial charge in [-0.2, -0.15) is 5.26 Å². The molecule has 0 saturated carbocycles. The zero-order valence-corrected chi connectivity index (χ0v) is 15.5. The van der Waals surface area contributed by atoms with E-state index in [0.717, 1.165) is 0 Å². The lowest BCUT2D eigenvalue weighted by atomic mass is 9.98. The zero-order valence-electron chi connectivity index (χ0n) is 15.5. The third kappa shape index (κ3) is 2.66. The van der Waals surface area contributed by atoms with Crippen molar-refractivity contribution in [3.05, 3.63) is 94.5 Å². The SMILES string of the molecule is N#Cc1ncccc1-c1cc2c(n(-c3ccccc3F)c1=O)COc1cccnc1-2. The third-order valence-electron chi connectivity index (χ3n) is 4.99. The molecule has 4 heterocycles. The topological polar surface area (TPSA) is 80.8 Å². The monoisotopic (exact) mass is 396 g/mol. The molecule has 0 N–H and O–H groups in total. The molecule has 0 aliphatic carbocycles. The van der Waals surface area contributed by atoms with Gasteiger partial charge < -0.3 is 4.74 Å². The minimum Gasteiger partial charge on any atom is -0.485 e. The van der Waals surface area contributed by atoms with Crippen molar-refractivity contribution in [1.29, 1.82) is 5.26 Å². The van der Waals surface area contributed by atoms with Gasteiger partial charge >= 0.3 is 0 Å². The summed E-state index contributed by atoms with van der Waals surface area (Å²) in [5.41, 5.74) is 2.04. The Morgan fingerprint density at radius 2 is 1.80 bits per heavy atom. The van der Waals surface area contributed by atoms with Gasteiger partial charge in [-0.05, 0) is 42.5 Å². The van der Waals surface area contributed by atoms with E-state index in [1.165, 1.54) is 22.9 Å². The van der Waals surface area contributed by atoms with Crippen LogP contribution in [-0.4, -0.2) is 14.5 Å². The van der Waals surface area contributed by atoms with Gasteiger partial charge in [0, 0.05) is 23.5 Å². The average Bonchev–Trinajstić information content (AvgIpc) is 2.79. The summed E-state index contributed by atoms with van der Waals surface area (Å²) in [5.74, 6) is 0.0267. The molecule has 1 aliphatic rings. The maximum Gasteiger partial charge on any atom is 0.263 e. The fraction of sp³-hybridized carbons (Fsp3) is 0.0435. The average molecular weight is 396 g/mol. The first-order chi connectivity index (χ1) is 14.7. The summed E-state index contributed by atoms with van der Waals surface area (Å²) < 4.78 is 21.8. The summed E-state index contributed by atoms with van der Waals surface area (Å²) in [7, 11) is 0. The second kappa shape index (κ2) is 6.94. The van der Waals surface area contributed by atoms with Gasteiger partial charge in [-0.25, -0.2) is 9.37 Å². The number of benzene rings is 1. The lowest BCUT2D eigenvalue weighted by molar-refractivity contribution is 0.291. The number of para-hydroxylation sites is 1. The molecular formula is C23H13FN4O2. The van der Waals surface area contributed by atoms with Gasteiger partial charge in [-0.3, -0.25) is 14.3 Å². The zero-order chi connectivity index (χ0) is 20.7. The highest BCUT2D eigenvalue weighted by molar-refractivity contribution is 5.78. The summed E-state index contributed by atoms with van der Waals surface area (Å²) in [6, 6.07) is 16.6. The highest BCUT2D eigenvalue weighted by Gasteiger charge is 2.26. The molecule has 0 spiro atoms. The molecule has 5 rings (SSSR count). The molecule has 7 heteroatoms. The van der Waals surface area contributed by atoms with Crippen molar-refractivity contribution < 1.29 is 9.13 Å². The predicted octanol–water partition coefficient (Wildman–Crippen LogP) is 3.86. The first kappa shape index (κ1) is 17.8. The van der Waals surface area contributed by atoms with Crippen molar-refractivity contribution >= 4 is 0 Å². The number of fused-ring (bicyclic) bond motifs is 3.